The molecule has 0 aromatic heterocycles. The first-order chi connectivity index (χ1) is 11.6. The van der Waals surface area contributed by atoms with Crippen molar-refractivity contribution in [3.05, 3.63) is 64.7 Å². The fourth-order valence-corrected chi connectivity index (χ4v) is 2.69. The molecule has 1 unspecified atom stereocenters. The molecule has 2 aromatic carbocycles. The van der Waals surface area contributed by atoms with Gasteiger partial charge < -0.3 is 4.74 Å². The number of hydrogen-bond donors (Lipinski definition) is 1. The average Bonchev–Trinajstić information content (AvgIpc) is 2.57. The third-order valence-corrected chi connectivity index (χ3v) is 4.24. The Morgan fingerprint density at radius 2 is 1.79 bits per heavy atom. The molecule has 1 N–H and O–H groups in total. The molecule has 0 aliphatic rings. The average molecular weight is 346 g/mol. The van der Waals surface area contributed by atoms with Crippen LogP contribution in [0.3, 0.4) is 0 Å². The minimum Gasteiger partial charge on any atom is -0.449 e. The van der Waals surface area contributed by atoms with E-state index in [1.807, 2.05) is 36.4 Å². The maximum Gasteiger partial charge on any atom is 0.411 e. The fourth-order valence-electron chi connectivity index (χ4n) is 2.56. The summed E-state index contributed by atoms with van der Waals surface area (Å²) in [7, 11) is 0. The lowest BCUT2D eigenvalue weighted by Crippen LogP contribution is -2.15. The molecule has 2 rings (SSSR count). The molecule has 0 bridgehead atoms. The molecule has 0 saturated heterocycles. The highest BCUT2D eigenvalue weighted by atomic mass is 35.5. The number of nitrogens with one attached hydrogen (secondary N) is 1. The summed E-state index contributed by atoms with van der Waals surface area (Å²) in [6.07, 6.45) is 2.57. The lowest BCUT2D eigenvalue weighted by Gasteiger charge is -2.12. The van der Waals surface area contributed by atoms with Gasteiger partial charge in [0.2, 0.25) is 0 Å². The number of carbonyl (C=O) groups is 1. The molecule has 24 heavy (non-hydrogen) atoms. The molecular weight excluding hydrogens is 322 g/mol. The molecule has 1 amide bonds. The molecule has 0 spiro atoms. The molecule has 0 heterocycles. The molecule has 0 radical (unpaired) electrons. The summed E-state index contributed by atoms with van der Waals surface area (Å²) >= 11 is 5.84. The predicted molar refractivity (Wildman–Crippen MR) is 99.9 cm³/mol. The van der Waals surface area contributed by atoms with E-state index in [0.717, 1.165) is 11.3 Å². The van der Waals surface area contributed by atoms with Gasteiger partial charge in [-0.2, -0.15) is 0 Å². The molecule has 3 nitrogen and oxygen atoms in total. The Morgan fingerprint density at radius 3 is 2.42 bits per heavy atom. The zero-order valence-corrected chi connectivity index (χ0v) is 15.0. The van der Waals surface area contributed by atoms with Crippen LogP contribution in [-0.4, -0.2) is 12.7 Å². The van der Waals surface area contributed by atoms with Crippen molar-refractivity contribution in [2.45, 2.75) is 39.0 Å². The van der Waals surface area contributed by atoms with Crippen molar-refractivity contribution < 1.29 is 9.53 Å². The van der Waals surface area contributed by atoms with E-state index in [1.165, 1.54) is 18.4 Å². The Morgan fingerprint density at radius 1 is 1.12 bits per heavy atom. The summed E-state index contributed by atoms with van der Waals surface area (Å²) in [4.78, 5) is 11.8. The molecule has 128 valence electrons. The predicted octanol–water partition coefficient (Wildman–Crippen LogP) is 6.03. The highest BCUT2D eigenvalue weighted by molar-refractivity contribution is 6.30. The number of hydrogen-bond acceptors (Lipinski definition) is 2. The monoisotopic (exact) mass is 345 g/mol. The van der Waals surface area contributed by atoms with E-state index in [9.17, 15) is 4.79 Å². The Bertz CT molecular complexity index is 638. The van der Waals surface area contributed by atoms with Gasteiger partial charge in [0.15, 0.2) is 0 Å². The van der Waals surface area contributed by atoms with Gasteiger partial charge in [-0.05, 0) is 47.7 Å². The first-order valence-electron chi connectivity index (χ1n) is 8.36. The van der Waals surface area contributed by atoms with Crippen molar-refractivity contribution in [3.63, 3.8) is 0 Å². The van der Waals surface area contributed by atoms with Gasteiger partial charge in [0.05, 0.1) is 6.61 Å². The van der Waals surface area contributed by atoms with Crippen LogP contribution in [-0.2, 0) is 11.2 Å². The summed E-state index contributed by atoms with van der Waals surface area (Å²) < 4.78 is 5.21. The number of anilines is 1. The molecule has 0 aliphatic heterocycles. The zero-order chi connectivity index (χ0) is 17.4. The van der Waals surface area contributed by atoms with Gasteiger partial charge in [-0.15, -0.1) is 0 Å². The second-order valence-electron chi connectivity index (χ2n) is 5.95. The number of benzene rings is 2. The van der Waals surface area contributed by atoms with E-state index in [-0.39, 0.29) is 0 Å². The Hall–Kier alpha value is -2.00. The lowest BCUT2D eigenvalue weighted by molar-refractivity contribution is 0.163. The SMILES string of the molecule is CCCC(C)c1ccc(NC(=O)OCCc2ccc(Cl)cc2)cc1. The zero-order valence-electron chi connectivity index (χ0n) is 14.2. The topological polar surface area (TPSA) is 38.3 Å². The number of ether oxygens (including phenoxy) is 1. The van der Waals surface area contributed by atoms with Gasteiger partial charge in [0, 0.05) is 17.1 Å². The van der Waals surface area contributed by atoms with Crippen molar-refractivity contribution in [1.82, 2.24) is 0 Å². The van der Waals surface area contributed by atoms with Gasteiger partial charge in [0.1, 0.15) is 0 Å². The minimum atomic E-state index is -0.432. The normalized spacial score (nSPS) is 11.8. The molecule has 0 saturated carbocycles. The first-order valence-corrected chi connectivity index (χ1v) is 8.74. The number of amides is 1. The highest BCUT2D eigenvalue weighted by Gasteiger charge is 2.06. The van der Waals surface area contributed by atoms with Crippen LogP contribution in [0.2, 0.25) is 5.02 Å². The van der Waals surface area contributed by atoms with Crippen LogP contribution in [0.15, 0.2) is 48.5 Å². The van der Waals surface area contributed by atoms with E-state index >= 15 is 0 Å². The fraction of sp³-hybridized carbons (Fsp3) is 0.350. The smallest absolute Gasteiger partial charge is 0.411 e. The Balaban J connectivity index is 1.76. The molecular formula is C20H24ClNO2. The maximum absolute atomic E-state index is 11.8. The van der Waals surface area contributed by atoms with Crippen LogP contribution in [0.1, 0.15) is 43.7 Å². The van der Waals surface area contributed by atoms with Crippen LogP contribution in [0.4, 0.5) is 10.5 Å². The summed E-state index contributed by atoms with van der Waals surface area (Å²) in [6, 6.07) is 15.5. The lowest BCUT2D eigenvalue weighted by atomic mass is 9.96. The number of rotatable bonds is 7. The van der Waals surface area contributed by atoms with Crippen LogP contribution >= 0.6 is 11.6 Å². The summed E-state index contributed by atoms with van der Waals surface area (Å²) in [5.74, 6) is 0.537. The third-order valence-electron chi connectivity index (χ3n) is 3.98. The molecule has 1 atom stereocenters. The molecule has 0 fully saturated rings. The summed E-state index contributed by atoms with van der Waals surface area (Å²) in [5.41, 5.74) is 3.12. The van der Waals surface area contributed by atoms with Crippen molar-refractivity contribution >= 4 is 23.4 Å². The Kier molecular flexibility index (Phi) is 7.13. The second-order valence-corrected chi connectivity index (χ2v) is 6.39. The molecule has 0 aliphatic carbocycles. The Labute approximate surface area is 149 Å². The molecule has 4 heteroatoms. The summed E-state index contributed by atoms with van der Waals surface area (Å²) in [6.45, 7) is 4.74. The van der Waals surface area contributed by atoms with Gasteiger partial charge in [-0.3, -0.25) is 5.32 Å². The number of carbonyl (C=O) groups excluding carboxylic acids is 1. The van der Waals surface area contributed by atoms with Crippen LogP contribution < -0.4 is 5.32 Å². The second kappa shape index (κ2) is 9.33. The highest BCUT2D eigenvalue weighted by Crippen LogP contribution is 2.22. The largest absolute Gasteiger partial charge is 0.449 e. The van der Waals surface area contributed by atoms with Crippen molar-refractivity contribution in [1.29, 1.82) is 0 Å². The quantitative estimate of drug-likeness (QED) is 0.664. The van der Waals surface area contributed by atoms with E-state index in [1.54, 1.807) is 0 Å². The van der Waals surface area contributed by atoms with Crippen LogP contribution in [0.5, 0.6) is 0 Å². The van der Waals surface area contributed by atoms with Crippen molar-refractivity contribution in [2.75, 3.05) is 11.9 Å². The summed E-state index contributed by atoms with van der Waals surface area (Å²) in [5, 5.41) is 3.46. The van der Waals surface area contributed by atoms with Crippen molar-refractivity contribution in [3.8, 4) is 0 Å². The van der Waals surface area contributed by atoms with E-state index < -0.39 is 6.09 Å². The van der Waals surface area contributed by atoms with Gasteiger partial charge >= 0.3 is 6.09 Å². The van der Waals surface area contributed by atoms with Crippen molar-refractivity contribution in [2.24, 2.45) is 0 Å². The van der Waals surface area contributed by atoms with E-state index in [4.69, 9.17) is 16.3 Å². The first kappa shape index (κ1) is 18.3. The van der Waals surface area contributed by atoms with E-state index in [2.05, 4.69) is 31.3 Å². The standard InChI is InChI=1S/C20H24ClNO2/c1-3-4-15(2)17-7-11-19(12-8-17)22-20(23)24-14-13-16-5-9-18(21)10-6-16/h5-12,15H,3-4,13-14H2,1-2H3,(H,22,23). The third kappa shape index (κ3) is 5.89. The molecule has 2 aromatic rings. The van der Waals surface area contributed by atoms with Crippen LogP contribution in [0, 0.1) is 0 Å². The number of halogens is 1. The van der Waals surface area contributed by atoms with E-state index in [0.29, 0.717) is 24.0 Å². The maximum atomic E-state index is 11.8. The van der Waals surface area contributed by atoms with Gasteiger partial charge in [-0.25, -0.2) is 4.79 Å². The van der Waals surface area contributed by atoms with Gasteiger partial charge in [-0.1, -0.05) is 56.1 Å². The van der Waals surface area contributed by atoms with Crippen LogP contribution in [0.25, 0.3) is 0 Å². The van der Waals surface area contributed by atoms with Gasteiger partial charge in [0.25, 0.3) is 0 Å². The minimum absolute atomic E-state index is 0.332.